The van der Waals surface area contributed by atoms with Gasteiger partial charge >= 0.3 is 6.03 Å². The van der Waals surface area contributed by atoms with Crippen molar-refractivity contribution in [2.45, 2.75) is 25.4 Å². The van der Waals surface area contributed by atoms with Crippen LogP contribution >= 0.6 is 11.3 Å². The smallest absolute Gasteiger partial charge is 0.322 e. The zero-order valence-electron chi connectivity index (χ0n) is 11.9. The van der Waals surface area contributed by atoms with Crippen molar-refractivity contribution >= 4 is 23.1 Å². The maximum absolute atomic E-state index is 12.5. The van der Waals surface area contributed by atoms with Crippen molar-refractivity contribution in [3.63, 3.8) is 0 Å². The van der Waals surface area contributed by atoms with Gasteiger partial charge in [-0.1, -0.05) is 6.07 Å². The SMILES string of the molecule is COc1ccc(NC(=O)N(Cc2cccs2)C2CC2)cc1. The molecule has 1 aliphatic rings. The van der Waals surface area contributed by atoms with Gasteiger partial charge in [0.2, 0.25) is 0 Å². The number of hydrogen-bond acceptors (Lipinski definition) is 3. The van der Waals surface area contributed by atoms with Crippen LogP contribution in [0.15, 0.2) is 41.8 Å². The minimum Gasteiger partial charge on any atom is -0.497 e. The van der Waals surface area contributed by atoms with Crippen LogP contribution in [0.3, 0.4) is 0 Å². The largest absolute Gasteiger partial charge is 0.497 e. The number of urea groups is 1. The molecule has 0 radical (unpaired) electrons. The van der Waals surface area contributed by atoms with E-state index in [4.69, 9.17) is 4.74 Å². The lowest BCUT2D eigenvalue weighted by Crippen LogP contribution is -2.36. The Morgan fingerprint density at radius 3 is 2.67 bits per heavy atom. The molecule has 2 aromatic rings. The quantitative estimate of drug-likeness (QED) is 0.908. The Balaban J connectivity index is 1.66. The normalized spacial score (nSPS) is 13.8. The topological polar surface area (TPSA) is 41.6 Å². The van der Waals surface area contributed by atoms with Gasteiger partial charge in [0.1, 0.15) is 5.75 Å². The molecule has 0 unspecified atom stereocenters. The molecule has 110 valence electrons. The van der Waals surface area contributed by atoms with Crippen LogP contribution in [0, 0.1) is 0 Å². The molecule has 2 amide bonds. The average Bonchev–Trinajstić information content (AvgIpc) is 3.21. The fraction of sp³-hybridized carbons (Fsp3) is 0.312. The predicted octanol–water partition coefficient (Wildman–Crippen LogP) is 3.95. The van der Waals surface area contributed by atoms with Crippen LogP contribution in [0.4, 0.5) is 10.5 Å². The minimum atomic E-state index is -0.0314. The predicted molar refractivity (Wildman–Crippen MR) is 84.9 cm³/mol. The first-order valence-corrected chi connectivity index (χ1v) is 7.88. The first-order chi connectivity index (χ1) is 10.3. The fourth-order valence-electron chi connectivity index (χ4n) is 2.19. The van der Waals surface area contributed by atoms with E-state index >= 15 is 0 Å². The molecule has 3 rings (SSSR count). The number of hydrogen-bond donors (Lipinski definition) is 1. The Bertz CT molecular complexity index is 591. The number of methoxy groups -OCH3 is 1. The Morgan fingerprint density at radius 2 is 2.10 bits per heavy atom. The number of carbonyl (C=O) groups excluding carboxylic acids is 1. The highest BCUT2D eigenvalue weighted by molar-refractivity contribution is 7.09. The van der Waals surface area contributed by atoms with E-state index in [1.54, 1.807) is 18.4 Å². The highest BCUT2D eigenvalue weighted by atomic mass is 32.1. The van der Waals surface area contributed by atoms with E-state index in [1.165, 1.54) is 4.88 Å². The van der Waals surface area contributed by atoms with Gasteiger partial charge in [-0.3, -0.25) is 0 Å². The summed E-state index contributed by atoms with van der Waals surface area (Å²) in [7, 11) is 1.63. The minimum absolute atomic E-state index is 0.0314. The van der Waals surface area contributed by atoms with Gasteiger partial charge in [0.15, 0.2) is 0 Å². The lowest BCUT2D eigenvalue weighted by molar-refractivity contribution is 0.206. The van der Waals surface area contributed by atoms with Gasteiger partial charge in [-0.15, -0.1) is 11.3 Å². The molecular weight excluding hydrogens is 284 g/mol. The van der Waals surface area contributed by atoms with Crippen LogP contribution in [-0.4, -0.2) is 24.1 Å². The summed E-state index contributed by atoms with van der Waals surface area (Å²) in [6.45, 7) is 0.685. The van der Waals surface area contributed by atoms with E-state index in [9.17, 15) is 4.79 Å². The highest BCUT2D eigenvalue weighted by Gasteiger charge is 2.32. The number of benzene rings is 1. The van der Waals surface area contributed by atoms with Crippen molar-refractivity contribution in [2.75, 3.05) is 12.4 Å². The monoisotopic (exact) mass is 302 g/mol. The molecule has 0 saturated heterocycles. The number of nitrogens with zero attached hydrogens (tertiary/aromatic N) is 1. The third-order valence-corrected chi connectivity index (χ3v) is 4.36. The van der Waals surface area contributed by atoms with E-state index in [0.717, 1.165) is 24.3 Å². The van der Waals surface area contributed by atoms with Gasteiger partial charge in [0.25, 0.3) is 0 Å². The summed E-state index contributed by atoms with van der Waals surface area (Å²) in [5.41, 5.74) is 0.789. The molecule has 21 heavy (non-hydrogen) atoms. The molecule has 4 nitrogen and oxygen atoms in total. The zero-order valence-corrected chi connectivity index (χ0v) is 12.7. The molecule has 0 spiro atoms. The molecule has 1 aromatic heterocycles. The van der Waals surface area contributed by atoms with Gasteiger partial charge in [0.05, 0.1) is 13.7 Å². The van der Waals surface area contributed by atoms with E-state index in [2.05, 4.69) is 11.4 Å². The van der Waals surface area contributed by atoms with Crippen molar-refractivity contribution < 1.29 is 9.53 Å². The average molecular weight is 302 g/mol. The zero-order chi connectivity index (χ0) is 14.7. The standard InChI is InChI=1S/C16H18N2O2S/c1-20-14-8-4-12(5-9-14)17-16(19)18(13-6-7-13)11-15-3-2-10-21-15/h2-5,8-10,13H,6-7,11H2,1H3,(H,17,19). The number of anilines is 1. The first-order valence-electron chi connectivity index (χ1n) is 7.00. The third-order valence-electron chi connectivity index (χ3n) is 3.50. The maximum atomic E-state index is 12.5. The van der Waals surface area contributed by atoms with E-state index in [-0.39, 0.29) is 6.03 Å². The van der Waals surface area contributed by atoms with Crippen LogP contribution in [0.25, 0.3) is 0 Å². The molecule has 1 N–H and O–H groups in total. The van der Waals surface area contributed by atoms with E-state index < -0.39 is 0 Å². The van der Waals surface area contributed by atoms with Gasteiger partial charge < -0.3 is 15.0 Å². The summed E-state index contributed by atoms with van der Waals surface area (Å²) in [6, 6.07) is 11.8. The van der Waals surface area contributed by atoms with Crippen molar-refractivity contribution in [1.29, 1.82) is 0 Å². The van der Waals surface area contributed by atoms with Crippen molar-refractivity contribution in [1.82, 2.24) is 4.90 Å². The molecule has 0 bridgehead atoms. The number of nitrogens with one attached hydrogen (secondary N) is 1. The Labute approximate surface area is 128 Å². The second-order valence-electron chi connectivity index (χ2n) is 5.10. The van der Waals surface area contributed by atoms with Crippen LogP contribution < -0.4 is 10.1 Å². The molecular formula is C16H18N2O2S. The second-order valence-corrected chi connectivity index (χ2v) is 6.13. The molecule has 1 aliphatic carbocycles. The van der Waals surface area contributed by atoms with Crippen LogP contribution in [0.5, 0.6) is 5.75 Å². The Hall–Kier alpha value is -2.01. The number of ether oxygens (including phenoxy) is 1. The Morgan fingerprint density at radius 1 is 1.33 bits per heavy atom. The molecule has 0 atom stereocenters. The number of rotatable bonds is 5. The van der Waals surface area contributed by atoms with E-state index in [1.807, 2.05) is 40.6 Å². The van der Waals surface area contributed by atoms with Crippen molar-refractivity contribution in [3.8, 4) is 5.75 Å². The molecule has 0 aliphatic heterocycles. The highest BCUT2D eigenvalue weighted by Crippen LogP contribution is 2.30. The lowest BCUT2D eigenvalue weighted by Gasteiger charge is -2.22. The van der Waals surface area contributed by atoms with Crippen LogP contribution in [0.2, 0.25) is 0 Å². The number of thiophene rings is 1. The Kier molecular flexibility index (Phi) is 4.10. The first kappa shape index (κ1) is 13.9. The molecule has 1 heterocycles. The molecule has 5 heteroatoms. The van der Waals surface area contributed by atoms with Crippen LogP contribution in [0.1, 0.15) is 17.7 Å². The van der Waals surface area contributed by atoms with Crippen LogP contribution in [-0.2, 0) is 6.54 Å². The van der Waals surface area contributed by atoms with Gasteiger partial charge in [-0.2, -0.15) is 0 Å². The fourth-order valence-corrected chi connectivity index (χ4v) is 2.90. The summed E-state index contributed by atoms with van der Waals surface area (Å²) in [5.74, 6) is 0.783. The molecule has 1 saturated carbocycles. The van der Waals surface area contributed by atoms with Gasteiger partial charge in [0, 0.05) is 16.6 Å². The molecule has 1 fully saturated rings. The number of amides is 2. The van der Waals surface area contributed by atoms with Gasteiger partial charge in [-0.05, 0) is 48.6 Å². The summed E-state index contributed by atoms with van der Waals surface area (Å²) < 4.78 is 5.12. The summed E-state index contributed by atoms with van der Waals surface area (Å²) in [5, 5.41) is 5.01. The second kappa shape index (κ2) is 6.18. The van der Waals surface area contributed by atoms with Crippen molar-refractivity contribution in [3.05, 3.63) is 46.7 Å². The summed E-state index contributed by atoms with van der Waals surface area (Å²) in [4.78, 5) is 15.6. The maximum Gasteiger partial charge on any atom is 0.322 e. The van der Waals surface area contributed by atoms with Crippen molar-refractivity contribution in [2.24, 2.45) is 0 Å². The van der Waals surface area contributed by atoms with E-state index in [0.29, 0.717) is 12.6 Å². The summed E-state index contributed by atoms with van der Waals surface area (Å²) in [6.07, 6.45) is 2.20. The van der Waals surface area contributed by atoms with Gasteiger partial charge in [-0.25, -0.2) is 4.79 Å². The number of carbonyl (C=O) groups is 1. The summed E-state index contributed by atoms with van der Waals surface area (Å²) >= 11 is 1.69. The molecule has 1 aromatic carbocycles. The lowest BCUT2D eigenvalue weighted by atomic mass is 10.3. The third kappa shape index (κ3) is 3.55.